The summed E-state index contributed by atoms with van der Waals surface area (Å²) in [5.74, 6) is -4.40. The molecule has 0 saturated carbocycles. The van der Waals surface area contributed by atoms with Gasteiger partial charge in [0, 0.05) is 24.2 Å². The molecule has 2 fully saturated rings. The second-order valence-electron chi connectivity index (χ2n) is 14.2. The molecule has 2 aliphatic heterocycles. The minimum Gasteiger partial charge on any atom is -0.481 e. The highest BCUT2D eigenvalue weighted by atomic mass is 35.5. The van der Waals surface area contributed by atoms with E-state index < -0.39 is 67.1 Å². The first-order valence-electron chi connectivity index (χ1n) is 20.8. The van der Waals surface area contributed by atoms with Gasteiger partial charge in [-0.3, -0.25) is 33.4 Å². The van der Waals surface area contributed by atoms with Crippen LogP contribution in [0.4, 0.5) is 14.0 Å². The van der Waals surface area contributed by atoms with E-state index in [4.69, 9.17) is 26.4 Å². The fourth-order valence-corrected chi connectivity index (χ4v) is 6.55. The van der Waals surface area contributed by atoms with Gasteiger partial charge in [0.15, 0.2) is 11.6 Å². The molecule has 4 atom stereocenters. The molecule has 66 heavy (non-hydrogen) atoms. The third kappa shape index (κ3) is 17.1. The molecule has 4 aromatic carbocycles. The molecule has 0 unspecified atom stereocenters. The summed E-state index contributed by atoms with van der Waals surface area (Å²) in [5, 5.41) is 11.7. The molecule has 4 N–H and O–H groups in total. The van der Waals surface area contributed by atoms with E-state index in [-0.39, 0.29) is 76.2 Å². The van der Waals surface area contributed by atoms with E-state index in [1.807, 2.05) is 66.7 Å². The van der Waals surface area contributed by atoms with E-state index in [0.29, 0.717) is 11.1 Å². The number of amides is 3. The largest absolute Gasteiger partial charge is 0.481 e. The summed E-state index contributed by atoms with van der Waals surface area (Å²) in [7, 11) is 1.42. The van der Waals surface area contributed by atoms with Crippen LogP contribution in [0.25, 0.3) is 0 Å². The lowest BCUT2D eigenvalue weighted by Crippen LogP contribution is -2.41. The zero-order valence-corrected chi connectivity index (χ0v) is 37.1. The molecule has 2 saturated heterocycles. The summed E-state index contributed by atoms with van der Waals surface area (Å²) in [4.78, 5) is 97.7. The summed E-state index contributed by atoms with van der Waals surface area (Å²) in [5.41, 5.74) is 7.94. The van der Waals surface area contributed by atoms with Gasteiger partial charge in [0.05, 0.1) is 47.7 Å². The Hall–Kier alpha value is -7.18. The number of nitrogens with one attached hydrogen (secondary N) is 1. The van der Waals surface area contributed by atoms with Crippen molar-refractivity contribution in [1.82, 2.24) is 15.1 Å². The zero-order chi connectivity index (χ0) is 48.4. The number of carboxylic acids is 1. The number of likely N-dealkylation sites (tertiary alicyclic amines) is 2. The first kappa shape index (κ1) is 53.2. The molecular weight excluding hydrogens is 883 g/mol. The fourth-order valence-electron chi connectivity index (χ4n) is 6.55. The molecule has 2 heterocycles. The second-order valence-corrected chi connectivity index (χ2v) is 14.2. The molecule has 0 radical (unpaired) electrons. The number of alkyl halides is 1. The van der Waals surface area contributed by atoms with Crippen molar-refractivity contribution in [3.63, 3.8) is 0 Å². The maximum atomic E-state index is 12.6. The van der Waals surface area contributed by atoms with Crippen LogP contribution in [-0.2, 0) is 51.3 Å². The minimum absolute atomic E-state index is 0. The maximum Gasteiger partial charge on any atom is 0.410 e. The van der Waals surface area contributed by atoms with E-state index >= 15 is 0 Å². The van der Waals surface area contributed by atoms with Crippen LogP contribution in [-0.4, -0.2) is 122 Å². The zero-order valence-electron chi connectivity index (χ0n) is 37.3. The van der Waals surface area contributed by atoms with Crippen LogP contribution in [0.2, 0.25) is 0 Å². The van der Waals surface area contributed by atoms with Gasteiger partial charge in [-0.25, -0.2) is 19.2 Å². The number of rotatable bonds is 13. The quantitative estimate of drug-likeness (QED) is 0.0878. The van der Waals surface area contributed by atoms with Crippen molar-refractivity contribution in [1.29, 1.82) is 0 Å². The summed E-state index contributed by atoms with van der Waals surface area (Å²) < 4.78 is 35.4. The molecule has 4 aromatic rings. The summed E-state index contributed by atoms with van der Waals surface area (Å²) >= 11 is 0. The number of aliphatic carboxylic acids is 1. The number of ketones is 2. The first-order valence-corrected chi connectivity index (χ1v) is 20.1. The number of benzene rings is 4. The van der Waals surface area contributed by atoms with E-state index in [2.05, 4.69) is 10.1 Å². The average Bonchev–Trinajstić information content (AvgIpc) is 4.02. The molecule has 0 bridgehead atoms. The second kappa shape index (κ2) is 29.3. The van der Waals surface area contributed by atoms with Crippen molar-refractivity contribution in [2.24, 2.45) is 17.6 Å². The predicted octanol–water partition coefficient (Wildman–Crippen LogP) is 5.29. The standard InChI is InChI=1S/C23H24N2O6.C15H17NO6.C8H9NO.CH3F.ClH/c1-30-22(28)19-12-18(21(27)24-13-20(26)17-10-6-3-7-11-17)14-25(19)23(29)31-15-16-8-4-2-5-9-16;1-21-14(19)12-7-11(13(17)18)8-16(12)15(20)22-9-10-5-3-2-4-6-10;9-6-8(10)7-4-2-1-3-5-7;1-2;/h2-11,18-19H,12-15H2,1H3,(H,24,27);2-6,11-12H,7-9H2,1H3,(H,17,18);1-5H,6,9H2;1H3;1H/t18-,19-;11-,12-;;;/m00.../s1/i;;;1D;. The van der Waals surface area contributed by atoms with Gasteiger partial charge in [-0.1, -0.05) is 121 Å². The van der Waals surface area contributed by atoms with Gasteiger partial charge in [0.2, 0.25) is 5.91 Å². The van der Waals surface area contributed by atoms with Crippen molar-refractivity contribution >= 4 is 60.0 Å². The number of carboxylic acid groups (broad SMARTS) is 1. The van der Waals surface area contributed by atoms with Crippen molar-refractivity contribution in [3.05, 3.63) is 144 Å². The van der Waals surface area contributed by atoms with Crippen LogP contribution in [0, 0.1) is 11.8 Å². The third-order valence-corrected chi connectivity index (χ3v) is 9.95. The van der Waals surface area contributed by atoms with Crippen LogP contribution in [0.15, 0.2) is 121 Å². The minimum atomic E-state index is -1.05. The summed E-state index contributed by atoms with van der Waals surface area (Å²) in [6.07, 6.45) is -1.29. The molecule has 6 rings (SSSR count). The average molecular weight is 938 g/mol. The number of ether oxygens (including phenoxy) is 4. The SMILES string of the molecule is COC(=O)[C@@H]1C[C@H](C(=O)NCC(=O)c2ccccc2)CN1C(=O)OCc1ccccc1.COC(=O)[C@@H]1C[C@H](C(=O)O)CN1C(=O)OCc1ccccc1.Cl.NCC(=O)c1ccccc1.[2H]CF. The fraction of sp³-hybridized carbons (Fsp3) is 0.319. The van der Waals surface area contributed by atoms with E-state index in [0.717, 1.165) is 16.0 Å². The van der Waals surface area contributed by atoms with Crippen LogP contribution in [0.5, 0.6) is 0 Å². The molecule has 17 nitrogen and oxygen atoms in total. The Balaban J connectivity index is 0.000000370. The van der Waals surface area contributed by atoms with Gasteiger partial charge in [-0.2, -0.15) is 0 Å². The van der Waals surface area contributed by atoms with Crippen molar-refractivity contribution < 1.29 is 68.2 Å². The molecule has 2 aliphatic rings. The van der Waals surface area contributed by atoms with E-state index in [1.54, 1.807) is 54.6 Å². The molecule has 0 aromatic heterocycles. The molecule has 3 amide bonds. The molecule has 0 aliphatic carbocycles. The van der Waals surface area contributed by atoms with E-state index in [1.165, 1.54) is 19.1 Å². The topological polar surface area (TPSA) is 238 Å². The highest BCUT2D eigenvalue weighted by Gasteiger charge is 2.45. The normalized spacial score (nSPS) is 16.8. The summed E-state index contributed by atoms with van der Waals surface area (Å²) in [6, 6.07) is 34.0. The number of hydrogen-bond donors (Lipinski definition) is 3. The van der Waals surface area contributed by atoms with Crippen molar-refractivity contribution in [2.45, 2.75) is 38.1 Å². The predicted molar refractivity (Wildman–Crippen MR) is 240 cm³/mol. The lowest BCUT2D eigenvalue weighted by molar-refractivity contribution is -0.146. The Bertz CT molecular complexity index is 2200. The lowest BCUT2D eigenvalue weighted by atomic mass is 10.0. The van der Waals surface area contributed by atoms with Gasteiger partial charge < -0.3 is 35.1 Å². The Kier molecular flexibility index (Phi) is 23.6. The smallest absolute Gasteiger partial charge is 0.410 e. The number of nitrogens with zero attached hydrogens (tertiary/aromatic N) is 2. The van der Waals surface area contributed by atoms with Crippen LogP contribution in [0.1, 0.15) is 46.1 Å². The lowest BCUT2D eigenvalue weighted by Gasteiger charge is -2.21. The first-order chi connectivity index (χ1) is 31.8. The van der Waals surface area contributed by atoms with Gasteiger partial charge in [0.25, 0.3) is 0 Å². The Morgan fingerprint density at radius 1 is 0.652 bits per heavy atom. The number of hydrogen-bond acceptors (Lipinski definition) is 13. The number of nitrogens with two attached hydrogens (primary N) is 1. The number of methoxy groups -OCH3 is 2. The summed E-state index contributed by atoms with van der Waals surface area (Å²) in [6.45, 7) is -0.0412. The van der Waals surface area contributed by atoms with Gasteiger partial charge in [-0.15, -0.1) is 12.4 Å². The third-order valence-electron chi connectivity index (χ3n) is 9.95. The monoisotopic (exact) mass is 937 g/mol. The van der Waals surface area contributed by atoms with Gasteiger partial charge >= 0.3 is 30.1 Å². The van der Waals surface area contributed by atoms with Crippen molar-refractivity contribution in [2.75, 3.05) is 47.6 Å². The van der Waals surface area contributed by atoms with Gasteiger partial charge in [-0.05, 0) is 24.0 Å². The van der Waals surface area contributed by atoms with Gasteiger partial charge in [0.1, 0.15) is 25.3 Å². The molecule has 19 heteroatoms. The molecule has 354 valence electrons. The van der Waals surface area contributed by atoms with Crippen LogP contribution in [0.3, 0.4) is 0 Å². The number of esters is 2. The maximum absolute atomic E-state index is 12.6. The highest BCUT2D eigenvalue weighted by molar-refractivity contribution is 6.00. The number of carbonyl (C=O) groups is 8. The Morgan fingerprint density at radius 2 is 1.02 bits per heavy atom. The molecule has 0 spiro atoms. The highest BCUT2D eigenvalue weighted by Crippen LogP contribution is 2.27. The van der Waals surface area contributed by atoms with E-state index in [9.17, 15) is 42.7 Å². The Morgan fingerprint density at radius 3 is 1.39 bits per heavy atom. The molecular formula is C47H54ClFN4O13. The van der Waals surface area contributed by atoms with Crippen LogP contribution >= 0.6 is 12.4 Å². The number of Topliss-reactive ketones (excluding diaryl/α,β-unsaturated/α-hetero) is 2. The number of carbonyl (C=O) groups excluding carboxylic acids is 7. The van der Waals surface area contributed by atoms with Crippen LogP contribution < -0.4 is 11.1 Å². The number of halogens is 2. The Labute approximate surface area is 389 Å². The van der Waals surface area contributed by atoms with Crippen molar-refractivity contribution in [3.8, 4) is 0 Å².